The first-order chi connectivity index (χ1) is 12.0. The van der Waals surface area contributed by atoms with Crippen LogP contribution < -0.4 is 11.1 Å². The maximum atomic E-state index is 12.2. The maximum absolute atomic E-state index is 12.2. The summed E-state index contributed by atoms with van der Waals surface area (Å²) < 4.78 is 0. The Kier molecular flexibility index (Phi) is 4.52. The predicted octanol–water partition coefficient (Wildman–Crippen LogP) is 3.03. The molecule has 0 atom stereocenters. The Morgan fingerprint density at radius 2 is 2.00 bits per heavy atom. The highest BCUT2D eigenvalue weighted by Crippen LogP contribution is 2.33. The molecule has 1 amide bonds. The van der Waals surface area contributed by atoms with Crippen LogP contribution in [-0.2, 0) is 0 Å². The van der Waals surface area contributed by atoms with Gasteiger partial charge in [-0.3, -0.25) is 4.79 Å². The number of phenolic OH excluding ortho intramolecular Hbond substituents is 1. The maximum Gasteiger partial charge on any atom is 0.273 e. The highest BCUT2D eigenvalue weighted by molar-refractivity contribution is 6.07. The highest BCUT2D eigenvalue weighted by Gasteiger charge is 2.17. The Morgan fingerprint density at radius 1 is 1.20 bits per heavy atom. The summed E-state index contributed by atoms with van der Waals surface area (Å²) in [5.41, 5.74) is 9.88. The van der Waals surface area contributed by atoms with Crippen LogP contribution in [0.3, 0.4) is 0 Å². The van der Waals surface area contributed by atoms with Gasteiger partial charge in [-0.2, -0.15) is 0 Å². The number of aromatic nitrogens is 2. The molecular weight excluding hydrogens is 316 g/mol. The van der Waals surface area contributed by atoms with E-state index >= 15 is 0 Å². The second-order valence-corrected chi connectivity index (χ2v) is 5.92. The Hall–Kier alpha value is -3.15. The summed E-state index contributed by atoms with van der Waals surface area (Å²) in [5, 5.41) is 21.5. The van der Waals surface area contributed by atoms with E-state index in [-0.39, 0.29) is 17.4 Å². The van der Waals surface area contributed by atoms with Crippen LogP contribution >= 0.6 is 0 Å². The Balaban J connectivity index is 2.16. The number of aromatic hydroxyl groups is 1. The van der Waals surface area contributed by atoms with Gasteiger partial charge in [-0.25, -0.2) is 0 Å². The third-order valence-corrected chi connectivity index (χ3v) is 4.09. The lowest BCUT2D eigenvalue weighted by Crippen LogP contribution is -2.26. The van der Waals surface area contributed by atoms with E-state index in [1.165, 1.54) is 0 Å². The number of rotatable bonds is 4. The normalized spacial score (nSPS) is 10.8. The van der Waals surface area contributed by atoms with Crippen LogP contribution in [0.5, 0.6) is 5.75 Å². The standard InChI is InChI=1S/C19H20N4O2/c1-3-9-21-19(25)18-16(20)14-6-4-5-13(17(14)22-23-18)15-10-12(24)8-7-11(15)2/h4-8,10,24H,3,9H2,1-2H3,(H2,20,22)(H,21,25). The number of nitrogen functional groups attached to an aromatic ring is 1. The van der Waals surface area contributed by atoms with Crippen molar-refractivity contribution >= 4 is 22.5 Å². The lowest BCUT2D eigenvalue weighted by Gasteiger charge is -2.12. The van der Waals surface area contributed by atoms with Gasteiger partial charge in [0.2, 0.25) is 0 Å². The number of nitrogens with two attached hydrogens (primary N) is 1. The van der Waals surface area contributed by atoms with Crippen molar-refractivity contribution in [2.75, 3.05) is 12.3 Å². The zero-order valence-electron chi connectivity index (χ0n) is 14.2. The SMILES string of the molecule is CCCNC(=O)c1nnc2c(-c3cc(O)ccc3C)cccc2c1N. The van der Waals surface area contributed by atoms with E-state index < -0.39 is 0 Å². The smallest absolute Gasteiger partial charge is 0.273 e. The Morgan fingerprint density at radius 3 is 2.76 bits per heavy atom. The molecule has 2 aromatic carbocycles. The van der Waals surface area contributed by atoms with E-state index in [1.54, 1.807) is 12.1 Å². The molecule has 3 rings (SSSR count). The van der Waals surface area contributed by atoms with Gasteiger partial charge in [0.05, 0.1) is 5.69 Å². The predicted molar refractivity (Wildman–Crippen MR) is 98.4 cm³/mol. The Bertz CT molecular complexity index is 954. The number of nitrogens with one attached hydrogen (secondary N) is 1. The fourth-order valence-electron chi connectivity index (χ4n) is 2.76. The number of hydrogen-bond donors (Lipinski definition) is 3. The second-order valence-electron chi connectivity index (χ2n) is 5.92. The molecule has 1 heterocycles. The number of anilines is 1. The zero-order chi connectivity index (χ0) is 18.0. The monoisotopic (exact) mass is 336 g/mol. The lowest BCUT2D eigenvalue weighted by atomic mass is 9.97. The molecule has 0 aliphatic rings. The van der Waals surface area contributed by atoms with Crippen molar-refractivity contribution in [1.29, 1.82) is 0 Å². The van der Waals surface area contributed by atoms with Crippen molar-refractivity contribution in [2.45, 2.75) is 20.3 Å². The van der Waals surface area contributed by atoms with Gasteiger partial charge in [0, 0.05) is 17.5 Å². The van der Waals surface area contributed by atoms with Crippen LogP contribution in [-0.4, -0.2) is 27.8 Å². The third kappa shape index (κ3) is 3.10. The fourth-order valence-corrected chi connectivity index (χ4v) is 2.76. The average Bonchev–Trinajstić information content (AvgIpc) is 2.62. The minimum absolute atomic E-state index is 0.130. The van der Waals surface area contributed by atoms with E-state index in [2.05, 4.69) is 15.5 Å². The number of amides is 1. The number of carbonyl (C=O) groups excluding carboxylic acids is 1. The zero-order valence-corrected chi connectivity index (χ0v) is 14.2. The van der Waals surface area contributed by atoms with Crippen LogP contribution in [0.2, 0.25) is 0 Å². The molecule has 0 saturated heterocycles. The number of benzene rings is 2. The van der Waals surface area contributed by atoms with Crippen molar-refractivity contribution in [2.24, 2.45) is 0 Å². The summed E-state index contributed by atoms with van der Waals surface area (Å²) in [5.74, 6) is -0.151. The second kappa shape index (κ2) is 6.76. The van der Waals surface area contributed by atoms with Gasteiger partial charge in [-0.1, -0.05) is 31.2 Å². The van der Waals surface area contributed by atoms with Crippen LogP contribution in [0.1, 0.15) is 29.4 Å². The summed E-state index contributed by atoms with van der Waals surface area (Å²) in [6, 6.07) is 10.7. The van der Waals surface area contributed by atoms with Crippen molar-refractivity contribution in [1.82, 2.24) is 15.5 Å². The first kappa shape index (κ1) is 16.7. The molecule has 0 bridgehead atoms. The molecule has 1 aromatic heterocycles. The number of aryl methyl sites for hydroxylation is 1. The summed E-state index contributed by atoms with van der Waals surface area (Å²) in [4.78, 5) is 12.2. The molecule has 0 fully saturated rings. The summed E-state index contributed by atoms with van der Waals surface area (Å²) >= 11 is 0. The molecule has 25 heavy (non-hydrogen) atoms. The summed E-state index contributed by atoms with van der Waals surface area (Å²) in [6.07, 6.45) is 0.827. The van der Waals surface area contributed by atoms with Gasteiger partial charge in [-0.15, -0.1) is 10.2 Å². The minimum Gasteiger partial charge on any atom is -0.508 e. The van der Waals surface area contributed by atoms with Crippen LogP contribution in [0.4, 0.5) is 5.69 Å². The van der Waals surface area contributed by atoms with E-state index in [0.29, 0.717) is 23.1 Å². The number of fused-ring (bicyclic) bond motifs is 1. The van der Waals surface area contributed by atoms with Crippen molar-refractivity contribution in [3.63, 3.8) is 0 Å². The third-order valence-electron chi connectivity index (χ3n) is 4.09. The highest BCUT2D eigenvalue weighted by atomic mass is 16.3. The van der Waals surface area contributed by atoms with E-state index in [1.807, 2.05) is 38.1 Å². The molecule has 0 aliphatic carbocycles. The number of phenols is 1. The average molecular weight is 336 g/mol. The van der Waals surface area contributed by atoms with Crippen molar-refractivity contribution < 1.29 is 9.90 Å². The summed E-state index contributed by atoms with van der Waals surface area (Å²) in [6.45, 7) is 4.48. The number of carbonyl (C=O) groups is 1. The Labute approximate surface area is 145 Å². The molecule has 0 unspecified atom stereocenters. The molecule has 0 saturated carbocycles. The molecule has 3 aromatic rings. The van der Waals surface area contributed by atoms with Crippen LogP contribution in [0.25, 0.3) is 22.0 Å². The van der Waals surface area contributed by atoms with Gasteiger partial charge in [-0.05, 0) is 36.6 Å². The minimum atomic E-state index is -0.326. The quantitative estimate of drug-likeness (QED) is 0.680. The molecule has 0 radical (unpaired) electrons. The molecule has 6 nitrogen and oxygen atoms in total. The van der Waals surface area contributed by atoms with E-state index in [4.69, 9.17) is 5.73 Å². The molecule has 0 spiro atoms. The van der Waals surface area contributed by atoms with E-state index in [0.717, 1.165) is 23.1 Å². The largest absolute Gasteiger partial charge is 0.508 e. The lowest BCUT2D eigenvalue weighted by molar-refractivity contribution is 0.0949. The first-order valence-electron chi connectivity index (χ1n) is 8.16. The fraction of sp³-hybridized carbons (Fsp3) is 0.211. The van der Waals surface area contributed by atoms with Gasteiger partial charge < -0.3 is 16.2 Å². The van der Waals surface area contributed by atoms with Gasteiger partial charge in [0.15, 0.2) is 5.69 Å². The van der Waals surface area contributed by atoms with Crippen LogP contribution in [0.15, 0.2) is 36.4 Å². The van der Waals surface area contributed by atoms with Crippen molar-refractivity contribution in [3.05, 3.63) is 47.7 Å². The van der Waals surface area contributed by atoms with Gasteiger partial charge in [0.25, 0.3) is 5.91 Å². The topological polar surface area (TPSA) is 101 Å². The number of nitrogens with zero attached hydrogens (tertiary/aromatic N) is 2. The molecule has 4 N–H and O–H groups in total. The number of hydrogen-bond acceptors (Lipinski definition) is 5. The van der Waals surface area contributed by atoms with Gasteiger partial charge >= 0.3 is 0 Å². The van der Waals surface area contributed by atoms with E-state index in [9.17, 15) is 9.90 Å². The molecule has 0 aliphatic heterocycles. The molecular formula is C19H20N4O2. The van der Waals surface area contributed by atoms with Crippen molar-refractivity contribution in [3.8, 4) is 16.9 Å². The first-order valence-corrected chi connectivity index (χ1v) is 8.16. The summed E-state index contributed by atoms with van der Waals surface area (Å²) in [7, 11) is 0. The molecule has 6 heteroatoms. The van der Waals surface area contributed by atoms with Crippen LogP contribution in [0, 0.1) is 6.92 Å². The van der Waals surface area contributed by atoms with Gasteiger partial charge in [0.1, 0.15) is 11.3 Å². The molecule has 128 valence electrons.